The zero-order chi connectivity index (χ0) is 20.1. The van der Waals surface area contributed by atoms with Crippen LogP contribution in [0.1, 0.15) is 29.7 Å². The van der Waals surface area contributed by atoms with Gasteiger partial charge in [-0.05, 0) is 49.6 Å². The van der Waals surface area contributed by atoms with Crippen molar-refractivity contribution in [3.63, 3.8) is 0 Å². The van der Waals surface area contributed by atoms with Crippen LogP contribution in [-0.2, 0) is 9.53 Å². The molecule has 0 saturated carbocycles. The standard InChI is InChI=1S/C22H25N3O3/c1-4-28-21(26)19-18(13-23-17-11-10-14(2)15(3)12-17)24-22(27)25-20(19)16-8-6-5-7-9-16/h5-12,20,23H,4,13H2,1-3H3,(H2,24,25,27). The molecule has 2 aromatic carbocycles. The van der Waals surface area contributed by atoms with Crippen molar-refractivity contribution in [3.05, 3.63) is 76.5 Å². The molecular weight excluding hydrogens is 354 g/mol. The Kier molecular flexibility index (Phi) is 5.99. The molecule has 0 fully saturated rings. The summed E-state index contributed by atoms with van der Waals surface area (Å²) in [5.74, 6) is -0.444. The van der Waals surface area contributed by atoms with E-state index >= 15 is 0 Å². The second-order valence-electron chi connectivity index (χ2n) is 6.71. The second kappa shape index (κ2) is 8.61. The SMILES string of the molecule is CCOC(=O)C1=C(CNc2ccc(C)c(C)c2)NC(=O)NC1c1ccccc1. The van der Waals surface area contributed by atoms with Crippen molar-refractivity contribution in [2.75, 3.05) is 18.5 Å². The van der Waals surface area contributed by atoms with E-state index in [2.05, 4.69) is 22.9 Å². The van der Waals surface area contributed by atoms with Gasteiger partial charge in [0.2, 0.25) is 0 Å². The highest BCUT2D eigenvalue weighted by atomic mass is 16.5. The molecule has 3 N–H and O–H groups in total. The summed E-state index contributed by atoms with van der Waals surface area (Å²) in [5, 5.41) is 8.89. The van der Waals surface area contributed by atoms with Crippen LogP contribution in [0.5, 0.6) is 0 Å². The molecule has 3 rings (SSSR count). The molecule has 1 unspecified atom stereocenters. The summed E-state index contributed by atoms with van der Waals surface area (Å²) in [6.07, 6.45) is 0. The first-order valence-electron chi connectivity index (χ1n) is 9.33. The minimum absolute atomic E-state index is 0.260. The molecule has 1 aliphatic rings. The number of hydrogen-bond acceptors (Lipinski definition) is 4. The van der Waals surface area contributed by atoms with Crippen molar-refractivity contribution < 1.29 is 14.3 Å². The van der Waals surface area contributed by atoms with Crippen LogP contribution in [0, 0.1) is 13.8 Å². The molecule has 2 aromatic rings. The molecule has 6 heteroatoms. The Morgan fingerprint density at radius 3 is 2.54 bits per heavy atom. The summed E-state index contributed by atoms with van der Waals surface area (Å²) >= 11 is 0. The lowest BCUT2D eigenvalue weighted by Crippen LogP contribution is -2.47. The summed E-state index contributed by atoms with van der Waals surface area (Å²) in [7, 11) is 0. The lowest BCUT2D eigenvalue weighted by molar-refractivity contribution is -0.139. The molecule has 1 aliphatic heterocycles. The van der Waals surface area contributed by atoms with E-state index in [9.17, 15) is 9.59 Å². The van der Waals surface area contributed by atoms with Crippen molar-refractivity contribution in [3.8, 4) is 0 Å². The molecule has 1 atom stereocenters. The number of amides is 2. The maximum Gasteiger partial charge on any atom is 0.338 e. The highest BCUT2D eigenvalue weighted by Crippen LogP contribution is 2.28. The minimum Gasteiger partial charge on any atom is -0.463 e. The van der Waals surface area contributed by atoms with Gasteiger partial charge in [0.25, 0.3) is 0 Å². The Bertz CT molecular complexity index is 906. The maximum atomic E-state index is 12.7. The molecule has 0 bridgehead atoms. The van der Waals surface area contributed by atoms with Gasteiger partial charge >= 0.3 is 12.0 Å². The Labute approximate surface area is 165 Å². The number of rotatable bonds is 6. The van der Waals surface area contributed by atoms with E-state index in [1.807, 2.05) is 55.5 Å². The van der Waals surface area contributed by atoms with Gasteiger partial charge in [0.15, 0.2) is 0 Å². The molecule has 0 aliphatic carbocycles. The smallest absolute Gasteiger partial charge is 0.338 e. The van der Waals surface area contributed by atoms with Crippen LogP contribution >= 0.6 is 0 Å². The predicted molar refractivity (Wildman–Crippen MR) is 109 cm³/mol. The van der Waals surface area contributed by atoms with E-state index < -0.39 is 12.0 Å². The van der Waals surface area contributed by atoms with Crippen LogP contribution in [0.15, 0.2) is 59.8 Å². The zero-order valence-electron chi connectivity index (χ0n) is 16.3. The van der Waals surface area contributed by atoms with Gasteiger partial charge in [-0.25, -0.2) is 9.59 Å². The first-order valence-corrected chi connectivity index (χ1v) is 9.33. The lowest BCUT2D eigenvalue weighted by Gasteiger charge is -2.29. The van der Waals surface area contributed by atoms with Crippen LogP contribution in [0.3, 0.4) is 0 Å². The number of urea groups is 1. The molecule has 0 radical (unpaired) electrons. The monoisotopic (exact) mass is 379 g/mol. The van der Waals surface area contributed by atoms with Gasteiger partial charge in [0.1, 0.15) is 0 Å². The van der Waals surface area contributed by atoms with Gasteiger partial charge in [-0.15, -0.1) is 0 Å². The summed E-state index contributed by atoms with van der Waals surface area (Å²) in [5.41, 5.74) is 5.03. The third kappa shape index (κ3) is 4.34. The van der Waals surface area contributed by atoms with Gasteiger partial charge < -0.3 is 20.7 Å². The number of benzene rings is 2. The van der Waals surface area contributed by atoms with Gasteiger partial charge in [0, 0.05) is 5.69 Å². The van der Waals surface area contributed by atoms with E-state index in [-0.39, 0.29) is 12.6 Å². The fraction of sp³-hybridized carbons (Fsp3) is 0.273. The molecule has 0 saturated heterocycles. The van der Waals surface area contributed by atoms with E-state index in [1.165, 1.54) is 11.1 Å². The molecule has 6 nitrogen and oxygen atoms in total. The average molecular weight is 379 g/mol. The molecule has 0 spiro atoms. The number of anilines is 1. The number of nitrogens with one attached hydrogen (secondary N) is 3. The van der Waals surface area contributed by atoms with E-state index in [1.54, 1.807) is 6.92 Å². The fourth-order valence-corrected chi connectivity index (χ4v) is 3.14. The van der Waals surface area contributed by atoms with Crippen LogP contribution in [-0.4, -0.2) is 25.2 Å². The first kappa shape index (κ1) is 19.5. The van der Waals surface area contributed by atoms with E-state index in [0.29, 0.717) is 17.8 Å². The largest absolute Gasteiger partial charge is 0.463 e. The third-order valence-corrected chi connectivity index (χ3v) is 4.76. The molecule has 146 valence electrons. The summed E-state index contributed by atoms with van der Waals surface area (Å²) < 4.78 is 5.27. The van der Waals surface area contributed by atoms with Crippen molar-refractivity contribution >= 4 is 17.7 Å². The molecular formula is C22H25N3O3. The lowest BCUT2D eigenvalue weighted by atomic mass is 9.95. The molecule has 28 heavy (non-hydrogen) atoms. The Morgan fingerprint density at radius 2 is 1.86 bits per heavy atom. The van der Waals surface area contributed by atoms with Gasteiger partial charge in [-0.2, -0.15) is 0 Å². The fourth-order valence-electron chi connectivity index (χ4n) is 3.14. The minimum atomic E-state index is -0.564. The number of ether oxygens (including phenoxy) is 1. The van der Waals surface area contributed by atoms with Crippen LogP contribution in [0.4, 0.5) is 10.5 Å². The Hall–Kier alpha value is -3.28. The number of carbonyl (C=O) groups excluding carboxylic acids is 2. The highest BCUT2D eigenvalue weighted by molar-refractivity contribution is 5.95. The van der Waals surface area contributed by atoms with E-state index in [4.69, 9.17) is 4.74 Å². The van der Waals surface area contributed by atoms with Gasteiger partial charge in [0.05, 0.1) is 30.5 Å². The number of aryl methyl sites for hydroxylation is 2. The normalized spacial score (nSPS) is 16.2. The van der Waals surface area contributed by atoms with Crippen LogP contribution in [0.25, 0.3) is 0 Å². The van der Waals surface area contributed by atoms with Crippen LogP contribution in [0.2, 0.25) is 0 Å². The summed E-state index contributed by atoms with van der Waals surface area (Å²) in [6.45, 7) is 6.42. The Balaban J connectivity index is 1.94. The maximum absolute atomic E-state index is 12.7. The van der Waals surface area contributed by atoms with Gasteiger partial charge in [-0.1, -0.05) is 36.4 Å². The highest BCUT2D eigenvalue weighted by Gasteiger charge is 2.33. The number of carbonyl (C=O) groups is 2. The van der Waals surface area contributed by atoms with Crippen molar-refractivity contribution in [2.24, 2.45) is 0 Å². The third-order valence-electron chi connectivity index (χ3n) is 4.76. The zero-order valence-corrected chi connectivity index (χ0v) is 16.3. The Morgan fingerprint density at radius 1 is 1.11 bits per heavy atom. The van der Waals surface area contributed by atoms with Crippen LogP contribution < -0.4 is 16.0 Å². The average Bonchev–Trinajstić information content (AvgIpc) is 2.69. The van der Waals surface area contributed by atoms with E-state index in [0.717, 1.165) is 11.3 Å². The first-order chi connectivity index (χ1) is 13.5. The number of hydrogen-bond donors (Lipinski definition) is 3. The molecule has 2 amide bonds. The predicted octanol–water partition coefficient (Wildman–Crippen LogP) is 3.59. The number of esters is 1. The van der Waals surface area contributed by atoms with Crippen molar-refractivity contribution in [1.82, 2.24) is 10.6 Å². The second-order valence-corrected chi connectivity index (χ2v) is 6.71. The summed E-state index contributed by atoms with van der Waals surface area (Å²) in [4.78, 5) is 25.0. The molecule has 0 aromatic heterocycles. The van der Waals surface area contributed by atoms with Gasteiger partial charge in [-0.3, -0.25) is 0 Å². The molecule has 1 heterocycles. The summed E-state index contributed by atoms with van der Waals surface area (Å²) in [6, 6.07) is 14.5. The van der Waals surface area contributed by atoms with Crippen molar-refractivity contribution in [1.29, 1.82) is 0 Å². The topological polar surface area (TPSA) is 79.5 Å². The van der Waals surface area contributed by atoms with Crippen molar-refractivity contribution in [2.45, 2.75) is 26.8 Å². The quantitative estimate of drug-likeness (QED) is 0.670.